The van der Waals surface area contributed by atoms with Gasteiger partial charge in [-0.25, -0.2) is 0 Å². The second kappa shape index (κ2) is 12.9. The zero-order chi connectivity index (χ0) is 27.0. The quantitative estimate of drug-likeness (QED) is 0.177. The summed E-state index contributed by atoms with van der Waals surface area (Å²) in [5.74, 6) is 1.31. The summed E-state index contributed by atoms with van der Waals surface area (Å²) in [6.45, 7) is 3.30. The molecule has 2 amide bonds. The Morgan fingerprint density at radius 2 is 1.72 bits per heavy atom. The highest BCUT2D eigenvalue weighted by Crippen LogP contribution is 2.36. The van der Waals surface area contributed by atoms with Gasteiger partial charge in [-0.1, -0.05) is 55.8 Å². The molecular formula is C32H33NO5S. The lowest BCUT2D eigenvalue weighted by Crippen LogP contribution is -2.20. The summed E-state index contributed by atoms with van der Waals surface area (Å²) in [5.41, 5.74) is 5.41. The molecule has 2 heterocycles. The van der Waals surface area contributed by atoms with E-state index in [1.54, 1.807) is 0 Å². The van der Waals surface area contributed by atoms with Gasteiger partial charge in [-0.2, -0.15) is 0 Å². The summed E-state index contributed by atoms with van der Waals surface area (Å²) in [6, 6.07) is 22.1. The third-order valence-electron chi connectivity index (χ3n) is 6.82. The minimum atomic E-state index is -0.516. The fraction of sp³-hybridized carbons (Fsp3) is 0.312. The number of carbonyl (C=O) groups is 2. The molecule has 1 unspecified atom stereocenters. The predicted octanol–water partition coefficient (Wildman–Crippen LogP) is 7.43. The van der Waals surface area contributed by atoms with Gasteiger partial charge in [-0.05, 0) is 84.8 Å². The van der Waals surface area contributed by atoms with E-state index in [1.165, 1.54) is 16.5 Å². The van der Waals surface area contributed by atoms with Gasteiger partial charge < -0.3 is 13.9 Å². The Morgan fingerprint density at radius 3 is 2.49 bits per heavy atom. The van der Waals surface area contributed by atoms with Crippen molar-refractivity contribution in [2.45, 2.75) is 50.7 Å². The van der Waals surface area contributed by atoms with Gasteiger partial charge in [0.1, 0.15) is 22.3 Å². The molecule has 4 aromatic rings. The molecule has 39 heavy (non-hydrogen) atoms. The first-order valence-corrected chi connectivity index (χ1v) is 14.4. The van der Waals surface area contributed by atoms with Gasteiger partial charge in [0.05, 0.1) is 19.5 Å². The topological polar surface area (TPSA) is 77.8 Å². The van der Waals surface area contributed by atoms with Crippen molar-refractivity contribution in [1.29, 1.82) is 0 Å². The van der Waals surface area contributed by atoms with Crippen LogP contribution in [0.25, 0.3) is 11.0 Å². The number of imide groups is 1. The average Bonchev–Trinajstić information content (AvgIpc) is 3.53. The molecule has 1 N–H and O–H groups in total. The summed E-state index contributed by atoms with van der Waals surface area (Å²) < 4.78 is 18.2. The van der Waals surface area contributed by atoms with E-state index in [1.807, 2.05) is 36.6 Å². The SMILES string of the molecule is CCCc1c(OCCCCOc2cccc(C3SC(=O)NC3=O)c2)ccc2c(CCc3ccccc3)coc12. The molecule has 0 radical (unpaired) electrons. The van der Waals surface area contributed by atoms with Gasteiger partial charge in [0, 0.05) is 10.9 Å². The Hall–Kier alpha value is -3.71. The summed E-state index contributed by atoms with van der Waals surface area (Å²) in [5, 5.41) is 2.67. The van der Waals surface area contributed by atoms with Crippen molar-refractivity contribution in [2.24, 2.45) is 0 Å². The first-order chi connectivity index (χ1) is 19.1. The first-order valence-electron chi connectivity index (χ1n) is 13.6. The van der Waals surface area contributed by atoms with E-state index in [0.29, 0.717) is 19.0 Å². The number of unbranched alkanes of at least 4 members (excludes halogenated alkanes) is 1. The molecule has 1 aromatic heterocycles. The number of benzene rings is 3. The number of rotatable bonds is 13. The van der Waals surface area contributed by atoms with Crippen LogP contribution >= 0.6 is 11.8 Å². The average molecular weight is 544 g/mol. The number of amides is 2. The minimum absolute atomic E-state index is 0.280. The Labute approximate surface area is 233 Å². The van der Waals surface area contributed by atoms with Crippen LogP contribution in [0.1, 0.15) is 53.7 Å². The number of fused-ring (bicyclic) bond motifs is 1. The number of ether oxygens (including phenoxy) is 2. The molecule has 202 valence electrons. The molecule has 0 bridgehead atoms. The van der Waals surface area contributed by atoms with Gasteiger partial charge in [-0.15, -0.1) is 0 Å². The van der Waals surface area contributed by atoms with Gasteiger partial charge >= 0.3 is 0 Å². The van der Waals surface area contributed by atoms with E-state index in [2.05, 4.69) is 48.6 Å². The maximum atomic E-state index is 12.0. The molecule has 7 heteroatoms. The molecule has 1 aliphatic rings. The zero-order valence-electron chi connectivity index (χ0n) is 22.1. The van der Waals surface area contributed by atoms with Crippen LogP contribution in [-0.4, -0.2) is 24.4 Å². The third-order valence-corrected chi connectivity index (χ3v) is 7.86. The van der Waals surface area contributed by atoms with Gasteiger partial charge in [0.15, 0.2) is 0 Å². The van der Waals surface area contributed by atoms with Crippen LogP contribution < -0.4 is 14.8 Å². The largest absolute Gasteiger partial charge is 0.494 e. The van der Waals surface area contributed by atoms with Crippen LogP contribution in [0.3, 0.4) is 0 Å². The summed E-state index contributed by atoms with van der Waals surface area (Å²) in [4.78, 5) is 23.4. The van der Waals surface area contributed by atoms with Gasteiger partial charge in [-0.3, -0.25) is 14.9 Å². The lowest BCUT2D eigenvalue weighted by molar-refractivity contribution is -0.119. The highest BCUT2D eigenvalue weighted by atomic mass is 32.2. The number of thioether (sulfide) groups is 1. The second-order valence-corrected chi connectivity index (χ2v) is 10.7. The molecule has 1 saturated heterocycles. The first kappa shape index (κ1) is 26.9. The van der Waals surface area contributed by atoms with Crippen molar-refractivity contribution in [3.8, 4) is 11.5 Å². The highest BCUT2D eigenvalue weighted by molar-refractivity contribution is 8.15. The van der Waals surface area contributed by atoms with Crippen molar-refractivity contribution in [3.63, 3.8) is 0 Å². The summed E-state index contributed by atoms with van der Waals surface area (Å²) >= 11 is 0.998. The van der Waals surface area contributed by atoms with E-state index in [-0.39, 0.29) is 11.1 Å². The Balaban J connectivity index is 1.12. The van der Waals surface area contributed by atoms with E-state index in [4.69, 9.17) is 13.9 Å². The number of hydrogen-bond donors (Lipinski definition) is 1. The van der Waals surface area contributed by atoms with Gasteiger partial charge in [0.2, 0.25) is 5.91 Å². The van der Waals surface area contributed by atoms with Gasteiger partial charge in [0.25, 0.3) is 5.24 Å². The lowest BCUT2D eigenvalue weighted by atomic mass is 10.0. The van der Waals surface area contributed by atoms with Crippen molar-refractivity contribution in [1.82, 2.24) is 5.32 Å². The van der Waals surface area contributed by atoms with E-state index >= 15 is 0 Å². The Kier molecular flexibility index (Phi) is 8.89. The standard InChI is InChI=1S/C32H33NO5S/c1-2-9-27-28(17-16-26-24(21-38-29(26)27)15-14-22-10-4-3-5-11-22)37-19-7-6-18-36-25-13-8-12-23(20-25)30-31(34)33-32(35)39-30/h3-5,8,10-13,16-17,20-21,30H,2,6-7,9,14-15,18-19H2,1H3,(H,33,34,35). The molecule has 6 nitrogen and oxygen atoms in total. The highest BCUT2D eigenvalue weighted by Gasteiger charge is 2.33. The molecule has 1 atom stereocenters. The van der Waals surface area contributed by atoms with E-state index in [9.17, 15) is 9.59 Å². The van der Waals surface area contributed by atoms with Crippen molar-refractivity contribution in [2.75, 3.05) is 13.2 Å². The van der Waals surface area contributed by atoms with Crippen LogP contribution in [0.15, 0.2) is 77.4 Å². The molecule has 1 aliphatic heterocycles. The van der Waals surface area contributed by atoms with Crippen molar-refractivity contribution < 1.29 is 23.5 Å². The Morgan fingerprint density at radius 1 is 0.897 bits per heavy atom. The van der Waals surface area contributed by atoms with Crippen molar-refractivity contribution >= 4 is 33.9 Å². The molecule has 0 aliphatic carbocycles. The second-order valence-electron chi connectivity index (χ2n) is 9.67. The van der Waals surface area contributed by atoms with Crippen LogP contribution in [0, 0.1) is 0 Å². The maximum absolute atomic E-state index is 12.0. The summed E-state index contributed by atoms with van der Waals surface area (Å²) in [7, 11) is 0. The van der Waals surface area contributed by atoms with Crippen molar-refractivity contribution in [3.05, 3.63) is 95.2 Å². The molecule has 1 fully saturated rings. The number of aryl methyl sites for hydroxylation is 3. The molecule has 0 saturated carbocycles. The number of furan rings is 1. The fourth-order valence-electron chi connectivity index (χ4n) is 4.85. The van der Waals surface area contributed by atoms with Crippen LogP contribution in [0.5, 0.6) is 11.5 Å². The molecular weight excluding hydrogens is 510 g/mol. The minimum Gasteiger partial charge on any atom is -0.494 e. The van der Waals surface area contributed by atoms with E-state index in [0.717, 1.165) is 72.7 Å². The zero-order valence-corrected chi connectivity index (χ0v) is 22.9. The van der Waals surface area contributed by atoms with Crippen LogP contribution in [0.4, 0.5) is 4.79 Å². The van der Waals surface area contributed by atoms with Crippen LogP contribution in [-0.2, 0) is 24.1 Å². The number of nitrogens with one attached hydrogen (secondary N) is 1. The van der Waals surface area contributed by atoms with Crippen LogP contribution in [0.2, 0.25) is 0 Å². The Bertz CT molecular complexity index is 1430. The number of hydrogen-bond acceptors (Lipinski definition) is 6. The molecule has 0 spiro atoms. The smallest absolute Gasteiger partial charge is 0.286 e. The third kappa shape index (κ3) is 6.66. The van der Waals surface area contributed by atoms with E-state index < -0.39 is 5.25 Å². The lowest BCUT2D eigenvalue weighted by Gasteiger charge is -2.13. The normalized spacial score (nSPS) is 15.1. The fourth-order valence-corrected chi connectivity index (χ4v) is 5.67. The number of carbonyl (C=O) groups excluding carboxylic acids is 2. The monoisotopic (exact) mass is 543 g/mol. The predicted molar refractivity (Wildman–Crippen MR) is 155 cm³/mol. The molecule has 3 aromatic carbocycles. The maximum Gasteiger partial charge on any atom is 0.286 e. The molecule has 5 rings (SSSR count). The summed E-state index contributed by atoms with van der Waals surface area (Å²) in [6.07, 6.45) is 7.42.